The Hall–Kier alpha value is -0.960. The van der Waals surface area contributed by atoms with Crippen LogP contribution in [0.2, 0.25) is 0 Å². The van der Waals surface area contributed by atoms with E-state index in [0.717, 1.165) is 35.8 Å². The van der Waals surface area contributed by atoms with E-state index in [1.165, 1.54) is 23.6 Å². The van der Waals surface area contributed by atoms with E-state index in [4.69, 9.17) is 23.7 Å². The molecule has 0 aliphatic carbocycles. The predicted molar refractivity (Wildman–Crippen MR) is 169 cm³/mol. The van der Waals surface area contributed by atoms with E-state index in [1.807, 2.05) is 51.2 Å². The maximum absolute atomic E-state index is 6.78. The summed E-state index contributed by atoms with van der Waals surface area (Å²) < 4.78 is 30.0. The van der Waals surface area contributed by atoms with Gasteiger partial charge in [-0.05, 0) is 70.1 Å². The number of fused-ring (bicyclic) bond motifs is 1. The SMILES string of the molecule is CCOC(CSCC(CC)CCC(SCC(OCC)OCC)C(CC)Oc1cccc2ccccc12)OCC. The van der Waals surface area contributed by atoms with Crippen LogP contribution < -0.4 is 4.74 Å². The van der Waals surface area contributed by atoms with Crippen LogP contribution in [0, 0.1) is 5.92 Å². The molecule has 0 saturated carbocycles. The quantitative estimate of drug-likeness (QED) is 0.122. The molecule has 3 unspecified atom stereocenters. The van der Waals surface area contributed by atoms with Gasteiger partial charge in [0.2, 0.25) is 0 Å². The molecule has 0 aromatic heterocycles. The molecule has 2 rings (SSSR count). The first-order valence-electron chi connectivity index (χ1n) is 14.9. The molecule has 0 bridgehead atoms. The summed E-state index contributed by atoms with van der Waals surface area (Å²) in [6.45, 7) is 15.3. The molecule has 3 atom stereocenters. The fourth-order valence-corrected chi connectivity index (χ4v) is 7.25. The van der Waals surface area contributed by atoms with E-state index in [-0.39, 0.29) is 18.7 Å². The van der Waals surface area contributed by atoms with Crippen molar-refractivity contribution in [3.63, 3.8) is 0 Å². The minimum absolute atomic E-state index is 0.107. The van der Waals surface area contributed by atoms with Crippen molar-refractivity contribution < 1.29 is 23.7 Å². The lowest BCUT2D eigenvalue weighted by atomic mass is 9.98. The van der Waals surface area contributed by atoms with Crippen molar-refractivity contribution in [2.75, 3.05) is 43.7 Å². The molecule has 2 aromatic carbocycles. The zero-order valence-electron chi connectivity index (χ0n) is 25.1. The molecule has 0 aliphatic rings. The van der Waals surface area contributed by atoms with E-state index in [0.29, 0.717) is 37.6 Å². The summed E-state index contributed by atoms with van der Waals surface area (Å²) in [7, 11) is 0. The maximum atomic E-state index is 6.78. The molecule has 0 radical (unpaired) electrons. The summed E-state index contributed by atoms with van der Waals surface area (Å²) in [4.78, 5) is 0. The van der Waals surface area contributed by atoms with Crippen LogP contribution in [-0.4, -0.2) is 67.6 Å². The highest BCUT2D eigenvalue weighted by Gasteiger charge is 2.26. The second-order valence-corrected chi connectivity index (χ2v) is 11.8. The zero-order valence-corrected chi connectivity index (χ0v) is 26.7. The van der Waals surface area contributed by atoms with Crippen molar-refractivity contribution in [3.8, 4) is 5.75 Å². The monoisotopic (exact) mass is 580 g/mol. The van der Waals surface area contributed by atoms with Crippen molar-refractivity contribution in [3.05, 3.63) is 42.5 Å². The number of thioether (sulfide) groups is 2. The molecule has 0 spiro atoms. The topological polar surface area (TPSA) is 46.2 Å². The van der Waals surface area contributed by atoms with Crippen LogP contribution in [0.25, 0.3) is 10.8 Å². The number of ether oxygens (including phenoxy) is 5. The van der Waals surface area contributed by atoms with Crippen LogP contribution in [0.5, 0.6) is 5.75 Å². The van der Waals surface area contributed by atoms with Gasteiger partial charge in [-0.1, -0.05) is 56.7 Å². The van der Waals surface area contributed by atoms with E-state index in [9.17, 15) is 0 Å². The third-order valence-electron chi connectivity index (χ3n) is 6.75. The van der Waals surface area contributed by atoms with Gasteiger partial charge < -0.3 is 23.7 Å². The molecule has 0 saturated heterocycles. The highest BCUT2D eigenvalue weighted by molar-refractivity contribution is 8.00. The smallest absolute Gasteiger partial charge is 0.166 e. The van der Waals surface area contributed by atoms with Crippen molar-refractivity contribution in [2.45, 2.75) is 91.2 Å². The Morgan fingerprint density at radius 2 is 1.26 bits per heavy atom. The molecule has 222 valence electrons. The maximum Gasteiger partial charge on any atom is 0.166 e. The Morgan fingerprint density at radius 1 is 0.641 bits per heavy atom. The molecular weight excluding hydrogens is 528 g/mol. The number of benzene rings is 2. The second-order valence-electron chi connectivity index (χ2n) is 9.48. The lowest BCUT2D eigenvalue weighted by molar-refractivity contribution is -0.120. The summed E-state index contributed by atoms with van der Waals surface area (Å²) in [5, 5.41) is 2.73. The van der Waals surface area contributed by atoms with E-state index in [1.54, 1.807) is 0 Å². The Morgan fingerprint density at radius 3 is 1.87 bits per heavy atom. The zero-order chi connectivity index (χ0) is 28.3. The first-order chi connectivity index (χ1) is 19.1. The van der Waals surface area contributed by atoms with Gasteiger partial charge in [0, 0.05) is 48.6 Å². The molecule has 0 heterocycles. The van der Waals surface area contributed by atoms with Crippen molar-refractivity contribution in [2.24, 2.45) is 5.92 Å². The van der Waals surface area contributed by atoms with Gasteiger partial charge in [0.15, 0.2) is 12.6 Å². The van der Waals surface area contributed by atoms with Crippen molar-refractivity contribution in [1.82, 2.24) is 0 Å². The molecule has 0 fully saturated rings. The summed E-state index contributed by atoms with van der Waals surface area (Å²) in [5.41, 5.74) is 0. The number of hydrogen-bond acceptors (Lipinski definition) is 7. The summed E-state index contributed by atoms with van der Waals surface area (Å²) in [6, 6.07) is 14.8. The molecule has 7 heteroatoms. The molecular formula is C32H52O5S2. The lowest BCUT2D eigenvalue weighted by Crippen LogP contribution is -2.32. The van der Waals surface area contributed by atoms with Crippen LogP contribution in [0.1, 0.15) is 67.2 Å². The molecule has 0 N–H and O–H groups in total. The van der Waals surface area contributed by atoms with Gasteiger partial charge in [-0.25, -0.2) is 0 Å². The third kappa shape index (κ3) is 12.6. The van der Waals surface area contributed by atoms with E-state index < -0.39 is 0 Å². The number of hydrogen-bond donors (Lipinski definition) is 0. The molecule has 0 aliphatic heterocycles. The van der Waals surface area contributed by atoms with Gasteiger partial charge in [-0.3, -0.25) is 0 Å². The van der Waals surface area contributed by atoms with Crippen molar-refractivity contribution >= 4 is 34.3 Å². The van der Waals surface area contributed by atoms with E-state index in [2.05, 4.69) is 56.3 Å². The first kappa shape index (κ1) is 34.2. The van der Waals surface area contributed by atoms with Gasteiger partial charge in [0.1, 0.15) is 11.9 Å². The fourth-order valence-electron chi connectivity index (χ4n) is 4.63. The fraction of sp³-hybridized carbons (Fsp3) is 0.688. The Balaban J connectivity index is 2.09. The van der Waals surface area contributed by atoms with Crippen LogP contribution in [0.15, 0.2) is 42.5 Å². The second kappa shape index (κ2) is 20.8. The average Bonchev–Trinajstić information content (AvgIpc) is 2.95. The Bertz CT molecular complexity index is 865. The minimum atomic E-state index is -0.186. The van der Waals surface area contributed by atoms with Gasteiger partial charge >= 0.3 is 0 Å². The van der Waals surface area contributed by atoms with Gasteiger partial charge in [0.25, 0.3) is 0 Å². The summed E-state index contributed by atoms with van der Waals surface area (Å²) in [5.74, 6) is 4.41. The Labute approximate surface area is 246 Å². The molecule has 5 nitrogen and oxygen atoms in total. The molecule has 2 aromatic rings. The van der Waals surface area contributed by atoms with Crippen LogP contribution in [0.3, 0.4) is 0 Å². The first-order valence-corrected chi connectivity index (χ1v) is 17.1. The summed E-state index contributed by atoms with van der Waals surface area (Å²) >= 11 is 3.89. The largest absolute Gasteiger partial charge is 0.489 e. The molecule has 0 amide bonds. The summed E-state index contributed by atoms with van der Waals surface area (Å²) in [6.07, 6.45) is 4.18. The van der Waals surface area contributed by atoms with Gasteiger partial charge in [-0.15, -0.1) is 11.8 Å². The van der Waals surface area contributed by atoms with Crippen LogP contribution in [0.4, 0.5) is 0 Å². The van der Waals surface area contributed by atoms with Crippen molar-refractivity contribution in [1.29, 1.82) is 0 Å². The number of rotatable bonds is 23. The standard InChI is InChI=1S/C32H52O5S2/c1-7-25(22-38-23-31(33-9-3)34-10-4)20-21-30(39-24-32(35-11-5)36-12-6)28(8-2)37-29-19-15-17-26-16-13-14-18-27(26)29/h13-19,25,28,30-32H,7-12,20-24H2,1-6H3. The van der Waals surface area contributed by atoms with Crippen LogP contribution in [-0.2, 0) is 18.9 Å². The minimum Gasteiger partial charge on any atom is -0.489 e. The third-order valence-corrected chi connectivity index (χ3v) is 9.39. The van der Waals surface area contributed by atoms with Gasteiger partial charge in [-0.2, -0.15) is 11.8 Å². The average molecular weight is 581 g/mol. The highest BCUT2D eigenvalue weighted by atomic mass is 32.2. The van der Waals surface area contributed by atoms with E-state index >= 15 is 0 Å². The Kier molecular flexibility index (Phi) is 18.3. The lowest BCUT2D eigenvalue weighted by Gasteiger charge is -2.30. The van der Waals surface area contributed by atoms with Gasteiger partial charge in [0.05, 0.1) is 0 Å². The highest BCUT2D eigenvalue weighted by Crippen LogP contribution is 2.33. The normalized spacial score (nSPS) is 14.3. The molecule has 39 heavy (non-hydrogen) atoms. The predicted octanol–water partition coefficient (Wildman–Crippen LogP) is 8.44. The van der Waals surface area contributed by atoms with Crippen LogP contribution >= 0.6 is 23.5 Å².